The summed E-state index contributed by atoms with van der Waals surface area (Å²) in [5, 5.41) is 12.7. The van der Waals surface area contributed by atoms with Crippen LogP contribution in [-0.2, 0) is 0 Å². The molecule has 0 radical (unpaired) electrons. The van der Waals surface area contributed by atoms with E-state index in [9.17, 15) is 9.50 Å². The lowest BCUT2D eigenvalue weighted by atomic mass is 10.1. The maximum absolute atomic E-state index is 13.1. The summed E-state index contributed by atoms with van der Waals surface area (Å²) in [4.78, 5) is 0. The van der Waals surface area contributed by atoms with E-state index in [0.29, 0.717) is 10.9 Å². The molecule has 0 saturated heterocycles. The highest BCUT2D eigenvalue weighted by Gasteiger charge is 2.12. The van der Waals surface area contributed by atoms with E-state index in [1.807, 2.05) is 13.8 Å². The van der Waals surface area contributed by atoms with Gasteiger partial charge in [-0.25, -0.2) is 4.39 Å². The summed E-state index contributed by atoms with van der Waals surface area (Å²) < 4.78 is 13.6. The van der Waals surface area contributed by atoms with E-state index in [1.165, 1.54) is 6.07 Å². The summed E-state index contributed by atoms with van der Waals surface area (Å²) in [6, 6.07) is 5.35. The molecule has 17 heavy (non-hydrogen) atoms. The molecule has 96 valence electrons. The van der Waals surface area contributed by atoms with Gasteiger partial charge in [-0.3, -0.25) is 0 Å². The molecule has 3 unspecified atom stereocenters. The van der Waals surface area contributed by atoms with Crippen molar-refractivity contribution in [2.45, 2.75) is 45.4 Å². The van der Waals surface area contributed by atoms with Gasteiger partial charge in [-0.15, -0.1) is 0 Å². The first-order valence-corrected chi connectivity index (χ1v) is 6.58. The largest absolute Gasteiger partial charge is 0.393 e. The minimum Gasteiger partial charge on any atom is -0.393 e. The van der Waals surface area contributed by atoms with Gasteiger partial charge in [0.15, 0.2) is 0 Å². The van der Waals surface area contributed by atoms with E-state index in [1.54, 1.807) is 19.1 Å². The van der Waals surface area contributed by atoms with Crippen LogP contribution in [0.3, 0.4) is 0 Å². The highest BCUT2D eigenvalue weighted by atomic mass is 79.9. The Kier molecular flexibility index (Phi) is 5.56. The lowest BCUT2D eigenvalue weighted by Gasteiger charge is -2.21. The molecular formula is C13H19BrFNO. The van der Waals surface area contributed by atoms with Crippen molar-refractivity contribution in [2.75, 3.05) is 0 Å². The predicted octanol–water partition coefficient (Wildman–Crippen LogP) is 3.40. The molecule has 1 aromatic rings. The van der Waals surface area contributed by atoms with Crippen LogP contribution in [0.15, 0.2) is 22.7 Å². The lowest BCUT2D eigenvalue weighted by Crippen LogP contribution is -2.31. The van der Waals surface area contributed by atoms with E-state index >= 15 is 0 Å². The molecule has 0 aliphatic carbocycles. The molecule has 3 atom stereocenters. The van der Waals surface area contributed by atoms with Crippen molar-refractivity contribution in [1.82, 2.24) is 5.32 Å². The van der Waals surface area contributed by atoms with Crippen LogP contribution in [0, 0.1) is 5.82 Å². The molecule has 0 spiro atoms. The summed E-state index contributed by atoms with van der Waals surface area (Å²) in [7, 11) is 0. The molecule has 2 N–H and O–H groups in total. The normalized spacial score (nSPS) is 16.6. The van der Waals surface area contributed by atoms with Crippen molar-refractivity contribution in [1.29, 1.82) is 0 Å². The molecule has 0 heterocycles. The van der Waals surface area contributed by atoms with Crippen LogP contribution in [0.5, 0.6) is 0 Å². The van der Waals surface area contributed by atoms with Crippen molar-refractivity contribution < 1.29 is 9.50 Å². The molecule has 0 bridgehead atoms. The van der Waals surface area contributed by atoms with Crippen molar-refractivity contribution in [2.24, 2.45) is 0 Å². The van der Waals surface area contributed by atoms with Crippen LogP contribution in [0.1, 0.15) is 38.8 Å². The Hall–Kier alpha value is -0.450. The average Bonchev–Trinajstić information content (AvgIpc) is 2.20. The van der Waals surface area contributed by atoms with Crippen molar-refractivity contribution in [3.63, 3.8) is 0 Å². The highest BCUT2D eigenvalue weighted by Crippen LogP contribution is 2.21. The maximum atomic E-state index is 13.1. The molecule has 1 aromatic carbocycles. The van der Waals surface area contributed by atoms with E-state index in [0.717, 1.165) is 5.56 Å². The predicted molar refractivity (Wildman–Crippen MR) is 71.4 cm³/mol. The molecule has 0 aromatic heterocycles. The number of nitrogens with one attached hydrogen (secondary N) is 1. The molecule has 0 saturated carbocycles. The van der Waals surface area contributed by atoms with Gasteiger partial charge >= 0.3 is 0 Å². The summed E-state index contributed by atoms with van der Waals surface area (Å²) >= 11 is 3.18. The fourth-order valence-corrected chi connectivity index (χ4v) is 2.28. The average molecular weight is 304 g/mol. The third-order valence-corrected chi connectivity index (χ3v) is 3.28. The second-order valence-corrected chi connectivity index (χ2v) is 5.40. The number of aliphatic hydroxyl groups excluding tert-OH is 1. The minimum atomic E-state index is -0.315. The van der Waals surface area contributed by atoms with Gasteiger partial charge in [-0.1, -0.05) is 6.07 Å². The van der Waals surface area contributed by atoms with E-state index in [2.05, 4.69) is 21.2 Å². The fourth-order valence-electron chi connectivity index (χ4n) is 1.88. The zero-order valence-corrected chi connectivity index (χ0v) is 12.0. The van der Waals surface area contributed by atoms with Crippen LogP contribution in [-0.4, -0.2) is 17.3 Å². The van der Waals surface area contributed by atoms with Crippen LogP contribution < -0.4 is 5.32 Å². The van der Waals surface area contributed by atoms with Crippen LogP contribution in [0.4, 0.5) is 4.39 Å². The monoisotopic (exact) mass is 303 g/mol. The zero-order chi connectivity index (χ0) is 13.0. The van der Waals surface area contributed by atoms with Crippen molar-refractivity contribution in [3.05, 3.63) is 34.1 Å². The smallest absolute Gasteiger partial charge is 0.137 e. The first-order valence-electron chi connectivity index (χ1n) is 5.79. The van der Waals surface area contributed by atoms with Gasteiger partial charge in [0.1, 0.15) is 5.82 Å². The first kappa shape index (κ1) is 14.6. The molecule has 2 nitrogen and oxygen atoms in total. The summed E-state index contributed by atoms with van der Waals surface area (Å²) in [6.45, 7) is 5.83. The van der Waals surface area contributed by atoms with Gasteiger partial charge < -0.3 is 10.4 Å². The standard InChI is InChI=1S/C13H19BrFNO/c1-8(6-9(2)17)16-10(3)11-4-5-13(15)12(14)7-11/h4-5,7-10,16-17H,6H2,1-3H3. The number of rotatable bonds is 5. The van der Waals surface area contributed by atoms with Crippen molar-refractivity contribution >= 4 is 15.9 Å². The quantitative estimate of drug-likeness (QED) is 0.874. The van der Waals surface area contributed by atoms with Gasteiger partial charge in [0.2, 0.25) is 0 Å². The Morgan fingerprint density at radius 2 is 2.00 bits per heavy atom. The number of aliphatic hydroxyl groups is 1. The fraction of sp³-hybridized carbons (Fsp3) is 0.538. The Bertz CT molecular complexity index is 370. The van der Waals surface area contributed by atoms with Gasteiger partial charge in [0.05, 0.1) is 10.6 Å². The van der Waals surface area contributed by atoms with Gasteiger partial charge in [0.25, 0.3) is 0 Å². The summed E-state index contributed by atoms with van der Waals surface area (Å²) in [6.07, 6.45) is 0.386. The van der Waals surface area contributed by atoms with E-state index in [-0.39, 0.29) is 24.0 Å². The Morgan fingerprint density at radius 3 is 2.53 bits per heavy atom. The number of benzene rings is 1. The minimum absolute atomic E-state index is 0.126. The third kappa shape index (κ3) is 4.74. The number of hydrogen-bond acceptors (Lipinski definition) is 2. The number of halogens is 2. The van der Waals surface area contributed by atoms with E-state index < -0.39 is 0 Å². The third-order valence-electron chi connectivity index (χ3n) is 2.67. The molecule has 4 heteroatoms. The van der Waals surface area contributed by atoms with Crippen molar-refractivity contribution in [3.8, 4) is 0 Å². The molecule has 0 aliphatic rings. The Labute approximate surface area is 110 Å². The summed E-state index contributed by atoms with van der Waals surface area (Å²) in [5.74, 6) is -0.252. The van der Waals surface area contributed by atoms with Crippen LogP contribution in [0.25, 0.3) is 0 Å². The topological polar surface area (TPSA) is 32.3 Å². The van der Waals surface area contributed by atoms with E-state index in [4.69, 9.17) is 0 Å². The molecule has 0 amide bonds. The lowest BCUT2D eigenvalue weighted by molar-refractivity contribution is 0.168. The Balaban J connectivity index is 2.63. The molecule has 1 rings (SSSR count). The number of hydrogen-bond donors (Lipinski definition) is 2. The molecule has 0 fully saturated rings. The van der Waals surface area contributed by atoms with Gasteiger partial charge in [0, 0.05) is 12.1 Å². The molecule has 0 aliphatic heterocycles. The first-order chi connectivity index (χ1) is 7.90. The van der Waals surface area contributed by atoms with Gasteiger partial charge in [-0.05, 0) is 60.8 Å². The van der Waals surface area contributed by atoms with Crippen LogP contribution in [0.2, 0.25) is 0 Å². The Morgan fingerprint density at radius 1 is 1.35 bits per heavy atom. The maximum Gasteiger partial charge on any atom is 0.137 e. The second-order valence-electron chi connectivity index (χ2n) is 4.55. The summed E-state index contributed by atoms with van der Waals surface area (Å²) in [5.41, 5.74) is 1.02. The van der Waals surface area contributed by atoms with Gasteiger partial charge in [-0.2, -0.15) is 0 Å². The highest BCUT2D eigenvalue weighted by molar-refractivity contribution is 9.10. The van der Waals surface area contributed by atoms with Crippen LogP contribution >= 0.6 is 15.9 Å². The zero-order valence-electron chi connectivity index (χ0n) is 10.4. The second kappa shape index (κ2) is 6.47. The molecular weight excluding hydrogens is 285 g/mol. The SMILES string of the molecule is CC(O)CC(C)NC(C)c1ccc(F)c(Br)c1.